The third-order valence-corrected chi connectivity index (χ3v) is 11.5. The first-order valence-corrected chi connectivity index (χ1v) is 15.0. The molecule has 0 rings (SSSR count). The molecule has 2 nitrogen and oxygen atoms in total. The molecule has 0 atom stereocenters. The van der Waals surface area contributed by atoms with Gasteiger partial charge in [0, 0.05) is 47.3 Å². The van der Waals surface area contributed by atoms with Crippen LogP contribution >= 0.6 is 0 Å². The second-order valence-electron chi connectivity index (χ2n) is 6.74. The minimum atomic E-state index is -1.26. The molecule has 0 aromatic heterocycles. The van der Waals surface area contributed by atoms with Crippen LogP contribution in [0.4, 0.5) is 0 Å². The minimum absolute atomic E-state index is 0. The molecule has 1 N–H and O–H groups in total. The molecule has 0 aliphatic rings. The zero-order valence-corrected chi connectivity index (χ0v) is 21.8. The molecule has 0 heterocycles. The number of carbonyl (C=O) groups is 1. The van der Waals surface area contributed by atoms with E-state index in [0.29, 0.717) is 11.8 Å². The van der Waals surface area contributed by atoms with Gasteiger partial charge in [0.1, 0.15) is 0 Å². The largest absolute Gasteiger partial charge is 0.481 e. The Morgan fingerprint density at radius 3 is 1.70 bits per heavy atom. The van der Waals surface area contributed by atoms with Crippen molar-refractivity contribution in [3.8, 4) is 0 Å². The first kappa shape index (κ1) is 29.2. The average molecular weight is 584 g/mol. The number of allylic oxidation sites excluding steroid dienone is 3. The Bertz CT molecular complexity index is 296. The van der Waals surface area contributed by atoms with E-state index in [1.807, 2.05) is 0 Å². The summed E-state index contributed by atoms with van der Waals surface area (Å²) < 4.78 is 3.84. The molecular weight excluding hydrogens is 549 g/mol. The van der Waals surface area contributed by atoms with Crippen LogP contribution in [0.1, 0.15) is 52.9 Å². The number of unbranched alkanes of at least 4 members (excludes halogenated alkanes) is 2. The topological polar surface area (TPSA) is 37.3 Å². The SMILES string of the molecule is C=C[CH2][Nd]([CH2]C=C)[CH2]C=C.CC(C)(C)CCCCCC(=O)O.[Nd]. The van der Waals surface area contributed by atoms with Crippen molar-refractivity contribution in [3.05, 3.63) is 38.0 Å². The Hall–Kier alpha value is 1.39. The van der Waals surface area contributed by atoms with Crippen LogP contribution in [0, 0.1) is 80.9 Å². The molecule has 0 unspecified atom stereocenters. The monoisotopic (exact) mass is 579 g/mol. The molecule has 0 saturated carbocycles. The fraction of sp³-hybridized carbons (Fsp3) is 0.632. The van der Waals surface area contributed by atoms with Crippen molar-refractivity contribution < 1.29 is 85.4 Å². The van der Waals surface area contributed by atoms with E-state index in [1.54, 1.807) is 0 Å². The third-order valence-electron chi connectivity index (χ3n) is 3.12. The van der Waals surface area contributed by atoms with Gasteiger partial charge in [-0.25, -0.2) is 0 Å². The molecular formula is C19H35Nd2O2. The predicted octanol–water partition coefficient (Wildman–Crippen LogP) is 6.49. The van der Waals surface area contributed by atoms with Crippen molar-refractivity contribution in [2.24, 2.45) is 5.41 Å². The summed E-state index contributed by atoms with van der Waals surface area (Å²) in [5.41, 5.74) is 0.392. The molecule has 0 amide bonds. The number of rotatable bonds is 11. The Balaban J connectivity index is -0.000000338. The zero-order valence-electron chi connectivity index (χ0n) is 15.4. The van der Waals surface area contributed by atoms with Crippen LogP contribution in [0.5, 0.6) is 0 Å². The Morgan fingerprint density at radius 1 is 0.957 bits per heavy atom. The minimum Gasteiger partial charge on any atom is -0.481 e. The number of hydrogen-bond acceptors (Lipinski definition) is 1. The molecule has 0 aromatic rings. The predicted molar refractivity (Wildman–Crippen MR) is 95.2 cm³/mol. The van der Waals surface area contributed by atoms with Gasteiger partial charge in [0.15, 0.2) is 0 Å². The van der Waals surface area contributed by atoms with Crippen LogP contribution in [0.25, 0.3) is 0 Å². The smallest absolute Gasteiger partial charge is 0.303 e. The van der Waals surface area contributed by atoms with Gasteiger partial charge < -0.3 is 5.11 Å². The third kappa shape index (κ3) is 28.5. The Morgan fingerprint density at radius 2 is 1.39 bits per heavy atom. The van der Waals surface area contributed by atoms with Gasteiger partial charge in [0.2, 0.25) is 0 Å². The molecule has 0 bridgehead atoms. The summed E-state index contributed by atoms with van der Waals surface area (Å²) in [6.07, 6.45) is 10.7. The molecule has 0 spiro atoms. The number of hydrogen-bond donors (Lipinski definition) is 1. The molecule has 4 heteroatoms. The molecule has 0 aliphatic carbocycles. The first-order valence-electron chi connectivity index (χ1n) is 8.14. The van der Waals surface area contributed by atoms with Crippen molar-refractivity contribution in [1.29, 1.82) is 0 Å². The van der Waals surface area contributed by atoms with Crippen molar-refractivity contribution in [3.63, 3.8) is 0 Å². The van der Waals surface area contributed by atoms with E-state index in [0.717, 1.165) is 19.3 Å². The summed E-state index contributed by atoms with van der Waals surface area (Å²) in [6, 6.07) is 0. The average Bonchev–Trinajstić information content (AvgIpc) is 2.38. The van der Waals surface area contributed by atoms with E-state index in [1.165, 1.54) is 12.6 Å². The van der Waals surface area contributed by atoms with E-state index in [2.05, 4.69) is 58.7 Å². The maximum absolute atomic E-state index is 10.2. The van der Waals surface area contributed by atoms with Gasteiger partial charge in [0.05, 0.1) is 0 Å². The van der Waals surface area contributed by atoms with Crippen LogP contribution in [0.3, 0.4) is 0 Å². The van der Waals surface area contributed by atoms with Crippen molar-refractivity contribution in [2.75, 3.05) is 0 Å². The van der Waals surface area contributed by atoms with Crippen LogP contribution in [0.2, 0.25) is 6.21 Å². The van der Waals surface area contributed by atoms with Gasteiger partial charge in [0.25, 0.3) is 0 Å². The molecule has 0 aliphatic heterocycles. The fourth-order valence-corrected chi connectivity index (χ4v) is 7.50. The second-order valence-corrected chi connectivity index (χ2v) is 15.5. The maximum Gasteiger partial charge on any atom is 0.303 e. The van der Waals surface area contributed by atoms with Crippen molar-refractivity contribution in [1.82, 2.24) is 0 Å². The number of carboxylic acid groups (broad SMARTS) is 1. The zero-order chi connectivity index (χ0) is 17.4. The van der Waals surface area contributed by atoms with Crippen LogP contribution in [0.15, 0.2) is 38.0 Å². The Kier molecular flexibility index (Phi) is 25.0. The van der Waals surface area contributed by atoms with Crippen molar-refractivity contribution >= 4 is 5.97 Å². The van der Waals surface area contributed by atoms with Gasteiger partial charge in [-0.3, -0.25) is 4.79 Å². The molecule has 0 saturated heterocycles. The summed E-state index contributed by atoms with van der Waals surface area (Å²) in [6.45, 7) is 17.9. The first-order chi connectivity index (χ1) is 10.3. The van der Waals surface area contributed by atoms with E-state index in [4.69, 9.17) is 5.11 Å². The van der Waals surface area contributed by atoms with Crippen LogP contribution in [-0.4, -0.2) is 11.1 Å². The summed E-state index contributed by atoms with van der Waals surface area (Å²) in [5.74, 6) is -0.675. The van der Waals surface area contributed by atoms with E-state index < -0.39 is 40.6 Å². The van der Waals surface area contributed by atoms with Crippen LogP contribution in [-0.2, 0) is 4.79 Å². The van der Waals surface area contributed by atoms with Gasteiger partial charge >= 0.3 is 84.8 Å². The summed E-state index contributed by atoms with van der Waals surface area (Å²) in [4.78, 5) is 10.2. The number of carboxylic acids is 1. The van der Waals surface area contributed by atoms with Gasteiger partial charge in [-0.1, -0.05) is 33.6 Å². The molecule has 0 aromatic carbocycles. The van der Waals surface area contributed by atoms with Crippen molar-refractivity contribution in [2.45, 2.75) is 59.1 Å². The van der Waals surface area contributed by atoms with E-state index in [-0.39, 0.29) is 40.8 Å². The van der Waals surface area contributed by atoms with Gasteiger partial charge in [-0.05, 0) is 18.3 Å². The Labute approximate surface area is 191 Å². The standard InChI is InChI=1S/C10H20O2.3C3H5.2Nd/c1-10(2,3)8-6-4-5-7-9(11)12;3*1-3-2;;/h4-8H2,1-3H3,(H,11,12);3*3H,1-2H2;;. The summed E-state index contributed by atoms with van der Waals surface area (Å²) in [7, 11) is 0. The van der Waals surface area contributed by atoms with E-state index in [9.17, 15) is 4.79 Å². The summed E-state index contributed by atoms with van der Waals surface area (Å²) >= 11 is -1.26. The van der Waals surface area contributed by atoms with Gasteiger partial charge in [-0.2, -0.15) is 0 Å². The van der Waals surface area contributed by atoms with E-state index >= 15 is 0 Å². The molecule has 0 radical (unpaired) electrons. The summed E-state index contributed by atoms with van der Waals surface area (Å²) in [5, 5.41) is 8.37. The quantitative estimate of drug-likeness (QED) is 0.223. The molecule has 0 fully saturated rings. The second kappa shape index (κ2) is 19.7. The number of aliphatic carboxylic acids is 1. The fourth-order valence-electron chi connectivity index (χ4n) is 1.97. The van der Waals surface area contributed by atoms with Crippen LogP contribution < -0.4 is 0 Å². The molecule has 23 heavy (non-hydrogen) atoms. The maximum atomic E-state index is 10.2. The van der Waals surface area contributed by atoms with Gasteiger partial charge in [-0.15, -0.1) is 0 Å². The molecule has 131 valence electrons. The normalized spacial score (nSPS) is 9.70.